The van der Waals surface area contributed by atoms with E-state index in [0.717, 1.165) is 69.0 Å². The van der Waals surface area contributed by atoms with Gasteiger partial charge in [-0.25, -0.2) is 22.0 Å². The molecular weight excluding hydrogens is 1020 g/mol. The number of fused-ring (bicyclic) bond motifs is 1. The molecule has 67 heavy (non-hydrogen) atoms. The Labute approximate surface area is 480 Å². The molecule has 0 bridgehead atoms. The number of primary sulfonamides is 1. The predicted molar refractivity (Wildman–Crippen MR) is 225 cm³/mol. The van der Waals surface area contributed by atoms with Crippen molar-refractivity contribution in [2.45, 2.75) is 56.2 Å². The fourth-order valence-electron chi connectivity index (χ4n) is 5.66. The number of nitro benzene ring substituents is 2. The number of allylic oxidation sites excluding steroid dienone is 1. The Morgan fingerprint density at radius 2 is 1.48 bits per heavy atom. The molecule has 5 aromatic carbocycles. The van der Waals surface area contributed by atoms with Gasteiger partial charge in [-0.3, -0.25) is 25.0 Å². The third-order valence-corrected chi connectivity index (χ3v) is 10.9. The number of nitrogens with zero attached hydrogens (tertiary/aromatic N) is 7. The maximum Gasteiger partial charge on any atom is 3.00 e. The van der Waals surface area contributed by atoms with Gasteiger partial charge in [-0.15, -0.1) is 22.2 Å². The maximum absolute atomic E-state index is 12.4. The van der Waals surface area contributed by atoms with Crippen LogP contribution in [0.5, 0.6) is 11.5 Å². The van der Waals surface area contributed by atoms with Crippen molar-refractivity contribution < 1.29 is 171 Å². The monoisotopic (exact) mass is 1050 g/mol. The van der Waals surface area contributed by atoms with Crippen LogP contribution in [-0.2, 0) is 41.7 Å². The number of sulfonamides is 1. The van der Waals surface area contributed by atoms with Crippen molar-refractivity contribution in [1.82, 2.24) is 5.32 Å². The molecule has 5 aromatic rings. The first-order valence-corrected chi connectivity index (χ1v) is 21.9. The van der Waals surface area contributed by atoms with Crippen molar-refractivity contribution in [3.05, 3.63) is 128 Å². The van der Waals surface area contributed by atoms with Gasteiger partial charge in [0.25, 0.3) is 17.3 Å². The average molecular weight is 1050 g/mol. The van der Waals surface area contributed by atoms with Crippen molar-refractivity contribution >= 4 is 76.6 Å². The first-order valence-electron chi connectivity index (χ1n) is 18.9. The van der Waals surface area contributed by atoms with E-state index in [1.54, 1.807) is 36.4 Å². The zero-order chi connectivity index (χ0) is 47.4. The summed E-state index contributed by atoms with van der Waals surface area (Å²) in [5.41, 5.74) is -2.51. The van der Waals surface area contributed by atoms with Crippen molar-refractivity contribution in [1.29, 1.82) is 0 Å². The predicted octanol–water partition coefficient (Wildman–Crippen LogP) is 0.807. The fourth-order valence-corrected chi connectivity index (χ4v) is 6.67. The number of carbonyl (C=O) groups excluding carboxylic acids is 1. The van der Waals surface area contributed by atoms with Gasteiger partial charge in [0.05, 0.1) is 42.8 Å². The van der Waals surface area contributed by atoms with Gasteiger partial charge in [-0.2, -0.15) is 15.3 Å². The molecule has 22 nitrogen and oxygen atoms in total. The summed E-state index contributed by atoms with van der Waals surface area (Å²) in [6, 6.07) is 19.3. The SMILES string of the molecule is CCCCC(CC)CNC(=O)/C(N=Nc1cc(S(N)(=O)=O)ccc1[O-])=C(/C)[O-].O=[N+]([O-])c1cc(N=Nc2c([N-]c3ccc(S(=O)(=O)[O-])cc3)ccc3ccccc23)c([O-])c([N+](=O)[O-])c1.[Co+3].[K+].[K+]. The van der Waals surface area contributed by atoms with Gasteiger partial charge in [-0.05, 0) is 42.0 Å². The molecule has 1 unspecified atom stereocenters. The molecule has 3 N–H and O–H groups in total. The van der Waals surface area contributed by atoms with Gasteiger partial charge in [-0.1, -0.05) is 100 Å². The molecule has 1 amide bonds. The molecule has 1 atom stereocenters. The fraction of sp³-hybridized carbons (Fsp3) is 0.225. The number of non-ortho nitro benzene ring substituents is 1. The molecular formula is C40H38CoK2N9O13S2. The van der Waals surface area contributed by atoms with Crippen LogP contribution >= 0.6 is 0 Å². The van der Waals surface area contributed by atoms with E-state index >= 15 is 0 Å². The summed E-state index contributed by atoms with van der Waals surface area (Å²) in [7, 11) is -8.68. The Hall–Kier alpha value is -3.63. The Bertz CT molecular complexity index is 2890. The molecule has 0 heterocycles. The van der Waals surface area contributed by atoms with E-state index in [4.69, 9.17) is 5.14 Å². The standard InChI is InChI=1S/C22H14N5O8S.C18H28N4O5S.Co.2K/c28-22-19(11-15(26(29)30)12-20(22)27(31)32)24-25-21-17-4-2-1-3-13(17)5-10-18(21)23-14-6-8-16(9-7-14)36(33,34)35;1-4-6-7-13(5-2)11-20-18(25)17(12(3)23)22-21-15-10-14(28(19,26)27)8-9-16(15)24;;;/h1-12H,(H2-,23,24,25,28,33,34,35);8-10,13,23-24H,4-7,11H2,1-3H3,(H,20,25)(H2,19,26,27);;;/q-1;;+3;2*+1/p-4/b;17-12+,22-21?;;;. The molecule has 0 aromatic heterocycles. The second-order valence-electron chi connectivity index (χ2n) is 13.6. The Balaban J connectivity index is 0.000000662. The molecule has 5 rings (SSSR count). The van der Waals surface area contributed by atoms with Crippen molar-refractivity contribution in [3.8, 4) is 11.5 Å². The summed E-state index contributed by atoms with van der Waals surface area (Å²) in [5, 5.41) is 86.7. The number of azo groups is 2. The zero-order valence-electron chi connectivity index (χ0n) is 36.4. The van der Waals surface area contributed by atoms with Crippen LogP contribution in [0.2, 0.25) is 0 Å². The van der Waals surface area contributed by atoms with E-state index in [1.165, 1.54) is 12.1 Å². The minimum absolute atomic E-state index is 0. The van der Waals surface area contributed by atoms with Crippen LogP contribution in [0, 0.1) is 26.1 Å². The van der Waals surface area contributed by atoms with Crippen molar-refractivity contribution in [3.63, 3.8) is 0 Å². The van der Waals surface area contributed by atoms with E-state index in [9.17, 15) is 61.7 Å². The molecule has 0 fully saturated rings. The molecule has 0 aliphatic rings. The molecule has 27 heteroatoms. The third kappa shape index (κ3) is 18.0. The number of amides is 1. The summed E-state index contributed by atoms with van der Waals surface area (Å²) in [6.07, 6.45) is 3.95. The van der Waals surface area contributed by atoms with Crippen LogP contribution in [0.4, 0.5) is 39.8 Å². The first kappa shape index (κ1) is 61.4. The third-order valence-electron chi connectivity index (χ3n) is 9.11. The van der Waals surface area contributed by atoms with Crippen LogP contribution < -0.4 is 129 Å². The van der Waals surface area contributed by atoms with Crippen LogP contribution in [-0.4, -0.2) is 43.7 Å². The topological polar surface area (TPSA) is 365 Å². The van der Waals surface area contributed by atoms with E-state index in [-0.39, 0.29) is 153 Å². The average Bonchev–Trinajstić information content (AvgIpc) is 3.23. The minimum atomic E-state index is -4.64. The minimum Gasteiger partial charge on any atom is -0.874 e. The molecule has 344 valence electrons. The molecule has 0 radical (unpaired) electrons. The Kier molecular flexibility index (Phi) is 25.8. The van der Waals surface area contributed by atoms with E-state index in [2.05, 4.69) is 38.0 Å². The number of unbranched alkanes of at least 4 members (excludes halogenated alkanes) is 1. The van der Waals surface area contributed by atoms with Gasteiger partial charge in [0.15, 0.2) is 0 Å². The Morgan fingerprint density at radius 1 is 0.836 bits per heavy atom. The summed E-state index contributed by atoms with van der Waals surface area (Å²) in [5.74, 6) is -2.81. The van der Waals surface area contributed by atoms with E-state index in [0.29, 0.717) is 23.4 Å². The van der Waals surface area contributed by atoms with Gasteiger partial charge in [0, 0.05) is 23.7 Å². The quantitative estimate of drug-likeness (QED) is 0.0248. The summed E-state index contributed by atoms with van der Waals surface area (Å²) in [4.78, 5) is 31.9. The second-order valence-corrected chi connectivity index (χ2v) is 16.6. The van der Waals surface area contributed by atoms with Crippen molar-refractivity contribution in [2.75, 3.05) is 6.54 Å². The number of hydrogen-bond donors (Lipinski definition) is 2. The second kappa shape index (κ2) is 28.1. The van der Waals surface area contributed by atoms with Crippen LogP contribution in [0.3, 0.4) is 0 Å². The normalized spacial score (nSPS) is 12.1. The van der Waals surface area contributed by atoms with Crippen LogP contribution in [0.25, 0.3) is 16.1 Å². The number of nitrogens with one attached hydrogen (secondary N) is 1. The molecule has 0 aliphatic heterocycles. The summed E-state index contributed by atoms with van der Waals surface area (Å²) < 4.78 is 56.2. The summed E-state index contributed by atoms with van der Waals surface area (Å²) in [6.45, 7) is 5.66. The molecule has 0 saturated heterocycles. The van der Waals surface area contributed by atoms with E-state index in [1.807, 2.05) is 6.92 Å². The number of nitrogens with two attached hydrogens (primary N) is 1. The molecule has 0 spiro atoms. The molecule has 0 saturated carbocycles. The number of hydrogen-bond acceptors (Lipinski definition) is 17. The first-order chi connectivity index (χ1) is 30.1. The largest absolute Gasteiger partial charge is 3.00 e. The zero-order valence-corrected chi connectivity index (χ0v) is 45.4. The van der Waals surface area contributed by atoms with Gasteiger partial charge >= 0.3 is 120 Å². The smallest absolute Gasteiger partial charge is 0.874 e. The van der Waals surface area contributed by atoms with Crippen LogP contribution in [0.1, 0.15) is 46.5 Å². The Morgan fingerprint density at radius 3 is 2.04 bits per heavy atom. The van der Waals surface area contributed by atoms with Crippen LogP contribution in [0.15, 0.2) is 133 Å². The van der Waals surface area contributed by atoms with Gasteiger partial charge in [0.2, 0.25) is 10.0 Å². The number of benzene rings is 5. The number of nitro groups is 2. The number of carbonyl (C=O) groups is 1. The van der Waals surface area contributed by atoms with E-state index < -0.39 is 80.8 Å². The molecule has 0 aliphatic carbocycles. The van der Waals surface area contributed by atoms with Gasteiger partial charge in [0.1, 0.15) is 15.8 Å². The summed E-state index contributed by atoms with van der Waals surface area (Å²) >= 11 is 0. The number of rotatable bonds is 17. The maximum atomic E-state index is 12.4. The van der Waals surface area contributed by atoms with Crippen molar-refractivity contribution in [2.24, 2.45) is 31.5 Å². The van der Waals surface area contributed by atoms with Gasteiger partial charge < -0.3 is 30.5 Å².